The Hall–Kier alpha value is -0.630. The van der Waals surface area contributed by atoms with Gasteiger partial charge in [-0.1, -0.05) is 0 Å². The van der Waals surface area contributed by atoms with Gasteiger partial charge in [0, 0.05) is 9.83 Å². The Kier molecular flexibility index (Phi) is 3.72. The third kappa shape index (κ3) is 2.91. The fraction of sp³-hybridized carbons (Fsp3) is 0.222. The topological polar surface area (TPSA) is 60.4 Å². The van der Waals surface area contributed by atoms with Crippen LogP contribution >= 0.6 is 22.6 Å². The Balaban J connectivity index is 3.36. The molecule has 1 rings (SSSR count). The molecule has 0 N–H and O–H groups in total. The van der Waals surface area contributed by atoms with Crippen molar-refractivity contribution in [3.05, 3.63) is 27.3 Å². The Morgan fingerprint density at radius 1 is 1.40 bits per heavy atom. The maximum absolute atomic E-state index is 11.3. The van der Waals surface area contributed by atoms with Gasteiger partial charge in [0.1, 0.15) is 0 Å². The van der Waals surface area contributed by atoms with E-state index in [0.29, 0.717) is 3.57 Å². The highest BCUT2D eigenvalue weighted by Gasteiger charge is 2.15. The first-order chi connectivity index (χ1) is 6.86. The molecule has 15 heavy (non-hydrogen) atoms. The lowest BCUT2D eigenvalue weighted by Crippen LogP contribution is -2.06. The zero-order valence-corrected chi connectivity index (χ0v) is 11.1. The molecule has 0 heterocycles. The van der Waals surface area contributed by atoms with Gasteiger partial charge in [0.25, 0.3) is 0 Å². The summed E-state index contributed by atoms with van der Waals surface area (Å²) in [7, 11) is -2.04. The van der Waals surface area contributed by atoms with Crippen molar-refractivity contribution in [3.8, 4) is 0 Å². The zero-order chi connectivity index (χ0) is 11.6. The van der Waals surface area contributed by atoms with Gasteiger partial charge >= 0.3 is 5.97 Å². The van der Waals surface area contributed by atoms with Crippen LogP contribution in [0.15, 0.2) is 23.1 Å². The predicted octanol–water partition coefficient (Wildman–Crippen LogP) is 1.48. The summed E-state index contributed by atoms with van der Waals surface area (Å²) in [6.45, 7) is 0. The second kappa shape index (κ2) is 4.48. The minimum atomic E-state index is -3.29. The average Bonchev–Trinajstić information content (AvgIpc) is 2.15. The largest absolute Gasteiger partial charge is 0.465 e. The molecule has 0 saturated heterocycles. The van der Waals surface area contributed by atoms with Gasteiger partial charge in [-0.25, -0.2) is 13.2 Å². The first kappa shape index (κ1) is 12.4. The molecule has 4 nitrogen and oxygen atoms in total. The van der Waals surface area contributed by atoms with Crippen LogP contribution in [0.1, 0.15) is 10.4 Å². The van der Waals surface area contributed by atoms with Crippen molar-refractivity contribution in [1.82, 2.24) is 0 Å². The lowest BCUT2D eigenvalue weighted by atomic mass is 10.2. The first-order valence-electron chi connectivity index (χ1n) is 3.94. The summed E-state index contributed by atoms with van der Waals surface area (Å²) in [5.41, 5.74) is 0.265. The molecule has 0 saturated carbocycles. The number of sulfone groups is 1. The molecule has 1 aromatic carbocycles. The van der Waals surface area contributed by atoms with Crippen molar-refractivity contribution in [2.45, 2.75) is 4.90 Å². The van der Waals surface area contributed by atoms with Crippen molar-refractivity contribution < 1.29 is 17.9 Å². The summed E-state index contributed by atoms with van der Waals surface area (Å²) >= 11 is 1.95. The van der Waals surface area contributed by atoms with E-state index >= 15 is 0 Å². The number of ether oxygens (including phenoxy) is 1. The van der Waals surface area contributed by atoms with Gasteiger partial charge in [-0.15, -0.1) is 0 Å². The molecule has 0 aliphatic heterocycles. The Bertz CT molecular complexity index is 493. The van der Waals surface area contributed by atoms with Crippen LogP contribution in [0.3, 0.4) is 0 Å². The van der Waals surface area contributed by atoms with E-state index in [1.807, 2.05) is 22.6 Å². The highest BCUT2D eigenvalue weighted by molar-refractivity contribution is 14.1. The lowest BCUT2D eigenvalue weighted by Gasteiger charge is -2.04. The maximum atomic E-state index is 11.3. The summed E-state index contributed by atoms with van der Waals surface area (Å²) in [6, 6.07) is 4.36. The quantitative estimate of drug-likeness (QED) is 0.605. The zero-order valence-electron chi connectivity index (χ0n) is 8.15. The van der Waals surface area contributed by atoms with Crippen LogP contribution in [0.2, 0.25) is 0 Å². The number of rotatable bonds is 2. The van der Waals surface area contributed by atoms with E-state index in [4.69, 9.17) is 0 Å². The minimum Gasteiger partial charge on any atom is -0.465 e. The van der Waals surface area contributed by atoms with Crippen LogP contribution in [0.25, 0.3) is 0 Å². The van der Waals surface area contributed by atoms with Crippen LogP contribution in [0, 0.1) is 3.57 Å². The highest BCUT2D eigenvalue weighted by Crippen LogP contribution is 2.18. The number of halogens is 1. The normalized spacial score (nSPS) is 11.1. The van der Waals surface area contributed by atoms with E-state index in [-0.39, 0.29) is 10.5 Å². The van der Waals surface area contributed by atoms with Crippen LogP contribution < -0.4 is 0 Å². The van der Waals surface area contributed by atoms with E-state index in [9.17, 15) is 13.2 Å². The molecule has 1 aromatic rings. The van der Waals surface area contributed by atoms with Crippen LogP contribution in [-0.4, -0.2) is 27.8 Å². The van der Waals surface area contributed by atoms with Crippen molar-refractivity contribution in [1.29, 1.82) is 0 Å². The molecule has 0 amide bonds. The number of benzene rings is 1. The Morgan fingerprint density at radius 3 is 2.47 bits per heavy atom. The first-order valence-corrected chi connectivity index (χ1v) is 6.91. The SMILES string of the molecule is COC(=O)c1cc(S(C)(=O)=O)ccc1I. The monoisotopic (exact) mass is 340 g/mol. The molecule has 0 spiro atoms. The molecule has 82 valence electrons. The van der Waals surface area contributed by atoms with E-state index in [0.717, 1.165) is 6.26 Å². The molecule has 0 aliphatic carbocycles. The fourth-order valence-corrected chi connectivity index (χ4v) is 2.20. The van der Waals surface area contributed by atoms with Gasteiger partial charge in [-0.3, -0.25) is 0 Å². The third-order valence-corrected chi connectivity index (χ3v) is 3.82. The lowest BCUT2D eigenvalue weighted by molar-refractivity contribution is 0.0599. The Labute approximate surface area is 102 Å². The van der Waals surface area contributed by atoms with Crippen LogP contribution in [0.4, 0.5) is 0 Å². The second-order valence-corrected chi connectivity index (χ2v) is 6.08. The fourth-order valence-electron chi connectivity index (χ4n) is 1.00. The molecule has 0 bridgehead atoms. The molecule has 0 aromatic heterocycles. The van der Waals surface area contributed by atoms with E-state index in [2.05, 4.69) is 4.74 Å². The minimum absolute atomic E-state index is 0.114. The summed E-state index contributed by atoms with van der Waals surface area (Å²) in [4.78, 5) is 11.4. The molecular weight excluding hydrogens is 331 g/mol. The van der Waals surface area contributed by atoms with E-state index in [1.165, 1.54) is 19.2 Å². The van der Waals surface area contributed by atoms with Crippen LogP contribution in [-0.2, 0) is 14.6 Å². The standard InChI is InChI=1S/C9H9IO4S/c1-14-9(11)7-5-6(15(2,12)13)3-4-8(7)10/h3-5H,1-2H3. The maximum Gasteiger partial charge on any atom is 0.338 e. The van der Waals surface area contributed by atoms with E-state index < -0.39 is 15.8 Å². The smallest absolute Gasteiger partial charge is 0.338 e. The van der Waals surface area contributed by atoms with E-state index in [1.54, 1.807) is 6.07 Å². The van der Waals surface area contributed by atoms with Crippen molar-refractivity contribution >= 4 is 38.4 Å². The summed E-state index contributed by atoms with van der Waals surface area (Å²) in [6.07, 6.45) is 1.09. The molecule has 0 radical (unpaired) electrons. The summed E-state index contributed by atoms with van der Waals surface area (Å²) < 4.78 is 27.7. The second-order valence-electron chi connectivity index (χ2n) is 2.91. The van der Waals surface area contributed by atoms with Gasteiger partial charge < -0.3 is 4.74 Å². The molecule has 0 fully saturated rings. The molecule has 0 atom stereocenters. The number of carbonyl (C=O) groups is 1. The molecular formula is C9H9IO4S. The van der Waals surface area contributed by atoms with Gasteiger partial charge in [0.05, 0.1) is 17.6 Å². The van der Waals surface area contributed by atoms with Gasteiger partial charge in [0.15, 0.2) is 9.84 Å². The predicted molar refractivity (Wildman–Crippen MR) is 63.6 cm³/mol. The number of hydrogen-bond acceptors (Lipinski definition) is 4. The van der Waals surface area contributed by atoms with Crippen molar-refractivity contribution in [2.24, 2.45) is 0 Å². The number of hydrogen-bond donors (Lipinski definition) is 0. The summed E-state index contributed by atoms with van der Waals surface area (Å²) in [5, 5.41) is 0. The van der Waals surface area contributed by atoms with Crippen LogP contribution in [0.5, 0.6) is 0 Å². The highest BCUT2D eigenvalue weighted by atomic mass is 127. The average molecular weight is 340 g/mol. The number of esters is 1. The van der Waals surface area contributed by atoms with Crippen molar-refractivity contribution in [2.75, 3.05) is 13.4 Å². The van der Waals surface area contributed by atoms with Gasteiger partial charge in [-0.2, -0.15) is 0 Å². The third-order valence-electron chi connectivity index (χ3n) is 1.77. The number of methoxy groups -OCH3 is 1. The molecule has 0 aliphatic rings. The molecule has 6 heteroatoms. The van der Waals surface area contributed by atoms with Crippen molar-refractivity contribution in [3.63, 3.8) is 0 Å². The van der Waals surface area contributed by atoms with Gasteiger partial charge in [0.2, 0.25) is 0 Å². The number of carbonyl (C=O) groups excluding carboxylic acids is 1. The molecule has 0 unspecified atom stereocenters. The van der Waals surface area contributed by atoms with Gasteiger partial charge in [-0.05, 0) is 40.8 Å². The Morgan fingerprint density at radius 2 is 2.00 bits per heavy atom. The summed E-state index contributed by atoms with van der Waals surface area (Å²) in [5.74, 6) is -0.537.